The molecule has 6 heteroatoms. The number of nitrogens with zero attached hydrogens (tertiary/aromatic N) is 3. The van der Waals surface area contributed by atoms with E-state index in [1.807, 2.05) is 13.0 Å². The fourth-order valence-corrected chi connectivity index (χ4v) is 2.69. The Bertz CT molecular complexity index is 1200. The van der Waals surface area contributed by atoms with Crippen molar-refractivity contribution < 1.29 is 9.52 Å². The first kappa shape index (κ1) is 15.0. The van der Waals surface area contributed by atoms with Gasteiger partial charge in [0.1, 0.15) is 5.75 Å². The molecule has 2 aromatic heterocycles. The lowest BCUT2D eigenvalue weighted by molar-refractivity contribution is 0.472. The van der Waals surface area contributed by atoms with Gasteiger partial charge in [0.25, 0.3) is 0 Å². The molecular weight excluding hydrogens is 318 g/mol. The Balaban J connectivity index is 1.85. The second-order valence-corrected chi connectivity index (χ2v) is 5.61. The monoisotopic (exact) mass is 331 g/mol. The van der Waals surface area contributed by atoms with E-state index in [1.165, 1.54) is 12.3 Å². The van der Waals surface area contributed by atoms with Crippen molar-refractivity contribution in [3.63, 3.8) is 0 Å². The Morgan fingerprint density at radius 3 is 2.72 bits per heavy atom. The minimum absolute atomic E-state index is 0.00872. The van der Waals surface area contributed by atoms with Crippen molar-refractivity contribution in [2.45, 2.75) is 6.92 Å². The van der Waals surface area contributed by atoms with Crippen LogP contribution in [0.4, 0.5) is 5.69 Å². The average Bonchev–Trinajstić information content (AvgIpc) is 2.60. The van der Waals surface area contributed by atoms with Crippen LogP contribution in [-0.2, 0) is 0 Å². The SMILES string of the molecule is Cc1cc(=O)oc2c(C=Nc3ccc4nccnc4c3)c(O)ccc12. The number of aliphatic imine (C=N–C) groups is 1. The minimum Gasteiger partial charge on any atom is -0.507 e. The molecule has 4 aromatic rings. The quantitative estimate of drug-likeness (QED) is 0.448. The molecule has 0 saturated carbocycles. The second-order valence-electron chi connectivity index (χ2n) is 5.61. The van der Waals surface area contributed by atoms with E-state index in [-0.39, 0.29) is 5.75 Å². The maximum atomic E-state index is 11.7. The summed E-state index contributed by atoms with van der Waals surface area (Å²) in [7, 11) is 0. The zero-order valence-corrected chi connectivity index (χ0v) is 13.3. The topological polar surface area (TPSA) is 88.6 Å². The Labute approximate surface area is 142 Å². The molecule has 0 aliphatic carbocycles. The highest BCUT2D eigenvalue weighted by Gasteiger charge is 2.10. The van der Waals surface area contributed by atoms with Crippen molar-refractivity contribution in [2.75, 3.05) is 0 Å². The Morgan fingerprint density at radius 2 is 1.88 bits per heavy atom. The first-order valence-electron chi connectivity index (χ1n) is 7.63. The molecule has 122 valence electrons. The second kappa shape index (κ2) is 5.83. The summed E-state index contributed by atoms with van der Waals surface area (Å²) in [5.41, 5.74) is 3.14. The zero-order valence-electron chi connectivity index (χ0n) is 13.3. The van der Waals surface area contributed by atoms with Gasteiger partial charge in [-0.3, -0.25) is 15.0 Å². The van der Waals surface area contributed by atoms with E-state index in [0.717, 1.165) is 22.0 Å². The van der Waals surface area contributed by atoms with Gasteiger partial charge in [-0.1, -0.05) is 0 Å². The molecule has 0 saturated heterocycles. The maximum Gasteiger partial charge on any atom is 0.336 e. The van der Waals surface area contributed by atoms with E-state index >= 15 is 0 Å². The van der Waals surface area contributed by atoms with Crippen LogP contribution >= 0.6 is 0 Å². The minimum atomic E-state index is -0.466. The van der Waals surface area contributed by atoms with Gasteiger partial charge >= 0.3 is 5.63 Å². The number of hydrogen-bond acceptors (Lipinski definition) is 6. The molecule has 2 aromatic carbocycles. The van der Waals surface area contributed by atoms with Gasteiger partial charge in [-0.2, -0.15) is 0 Å². The summed E-state index contributed by atoms with van der Waals surface area (Å²) in [5, 5.41) is 10.9. The highest BCUT2D eigenvalue weighted by Crippen LogP contribution is 2.27. The number of aryl methyl sites for hydroxylation is 1. The summed E-state index contributed by atoms with van der Waals surface area (Å²) in [6.07, 6.45) is 4.73. The van der Waals surface area contributed by atoms with Gasteiger partial charge in [0.2, 0.25) is 0 Å². The van der Waals surface area contributed by atoms with Gasteiger partial charge in [0.05, 0.1) is 22.3 Å². The molecule has 0 fully saturated rings. The molecule has 4 rings (SSSR count). The summed E-state index contributed by atoms with van der Waals surface area (Å²) < 4.78 is 5.28. The van der Waals surface area contributed by atoms with Gasteiger partial charge in [0, 0.05) is 30.1 Å². The van der Waals surface area contributed by atoms with E-state index in [2.05, 4.69) is 15.0 Å². The standard InChI is InChI=1S/C19H13N3O3/c1-11-8-18(24)25-19-13(11)3-5-17(23)14(19)10-22-12-2-4-15-16(9-12)21-7-6-20-15/h2-10,23H,1H3. The molecule has 1 N–H and O–H groups in total. The molecule has 25 heavy (non-hydrogen) atoms. The molecule has 0 radical (unpaired) electrons. The molecule has 0 unspecified atom stereocenters. The van der Waals surface area contributed by atoms with Crippen LogP contribution in [0, 0.1) is 6.92 Å². The van der Waals surface area contributed by atoms with E-state index in [9.17, 15) is 9.90 Å². The molecule has 0 aliphatic heterocycles. The summed E-state index contributed by atoms with van der Waals surface area (Å²) >= 11 is 0. The van der Waals surface area contributed by atoms with Crippen LogP contribution in [0.3, 0.4) is 0 Å². The first-order chi connectivity index (χ1) is 12.1. The lowest BCUT2D eigenvalue weighted by Gasteiger charge is -2.05. The Kier molecular flexibility index (Phi) is 3.50. The van der Waals surface area contributed by atoms with E-state index in [0.29, 0.717) is 16.8 Å². The fraction of sp³-hybridized carbons (Fsp3) is 0.0526. The highest BCUT2D eigenvalue weighted by molar-refractivity contribution is 6.01. The predicted molar refractivity (Wildman–Crippen MR) is 95.7 cm³/mol. The number of aromatic hydroxyl groups is 1. The van der Waals surface area contributed by atoms with Gasteiger partial charge < -0.3 is 9.52 Å². The zero-order chi connectivity index (χ0) is 17.4. The number of phenolic OH excluding ortho intramolecular Hbond substituents is 1. The van der Waals surface area contributed by atoms with Crippen LogP contribution in [0.15, 0.2) is 63.0 Å². The lowest BCUT2D eigenvalue weighted by atomic mass is 10.1. The van der Waals surface area contributed by atoms with Crippen molar-refractivity contribution in [3.05, 3.63) is 70.3 Å². The van der Waals surface area contributed by atoms with Crippen molar-refractivity contribution >= 4 is 33.9 Å². The van der Waals surface area contributed by atoms with E-state index < -0.39 is 5.63 Å². The number of hydrogen-bond donors (Lipinski definition) is 1. The van der Waals surface area contributed by atoms with Crippen molar-refractivity contribution in [1.82, 2.24) is 9.97 Å². The van der Waals surface area contributed by atoms with Crippen LogP contribution < -0.4 is 5.63 Å². The maximum absolute atomic E-state index is 11.7. The number of rotatable bonds is 2. The highest BCUT2D eigenvalue weighted by atomic mass is 16.4. The number of aromatic nitrogens is 2. The molecule has 0 amide bonds. The summed E-state index contributed by atoms with van der Waals surface area (Å²) in [6.45, 7) is 1.82. The summed E-state index contributed by atoms with van der Waals surface area (Å²) in [6, 6.07) is 10.1. The average molecular weight is 331 g/mol. The molecule has 0 aliphatic rings. The van der Waals surface area contributed by atoms with Crippen LogP contribution in [-0.4, -0.2) is 21.3 Å². The summed E-state index contributed by atoms with van der Waals surface area (Å²) in [5.74, 6) is -0.00872. The van der Waals surface area contributed by atoms with Crippen LogP contribution in [0.25, 0.3) is 22.0 Å². The third-order valence-electron chi connectivity index (χ3n) is 3.93. The van der Waals surface area contributed by atoms with Crippen molar-refractivity contribution in [2.24, 2.45) is 4.99 Å². The largest absolute Gasteiger partial charge is 0.507 e. The predicted octanol–water partition coefficient (Wildman–Crippen LogP) is 3.50. The first-order valence-corrected chi connectivity index (χ1v) is 7.63. The smallest absolute Gasteiger partial charge is 0.336 e. The molecule has 2 heterocycles. The molecule has 0 atom stereocenters. The molecule has 0 spiro atoms. The number of benzene rings is 2. The van der Waals surface area contributed by atoms with E-state index in [4.69, 9.17) is 4.42 Å². The lowest BCUT2D eigenvalue weighted by Crippen LogP contribution is -2.00. The van der Waals surface area contributed by atoms with Gasteiger partial charge in [-0.05, 0) is 42.8 Å². The Hall–Kier alpha value is -3.54. The van der Waals surface area contributed by atoms with E-state index in [1.54, 1.807) is 36.7 Å². The third-order valence-corrected chi connectivity index (χ3v) is 3.93. The molecule has 0 bridgehead atoms. The van der Waals surface area contributed by atoms with Crippen molar-refractivity contribution in [3.8, 4) is 5.75 Å². The Morgan fingerprint density at radius 1 is 1.08 bits per heavy atom. The molecular formula is C19H13N3O3. The van der Waals surface area contributed by atoms with Crippen molar-refractivity contribution in [1.29, 1.82) is 0 Å². The van der Waals surface area contributed by atoms with Crippen LogP contribution in [0.2, 0.25) is 0 Å². The van der Waals surface area contributed by atoms with Crippen LogP contribution in [0.5, 0.6) is 5.75 Å². The normalized spacial score (nSPS) is 11.6. The van der Waals surface area contributed by atoms with Crippen LogP contribution in [0.1, 0.15) is 11.1 Å². The fourth-order valence-electron chi connectivity index (χ4n) is 2.69. The number of fused-ring (bicyclic) bond motifs is 2. The number of phenols is 1. The third kappa shape index (κ3) is 2.74. The van der Waals surface area contributed by atoms with Gasteiger partial charge in [-0.25, -0.2) is 4.79 Å². The molecule has 6 nitrogen and oxygen atoms in total. The summed E-state index contributed by atoms with van der Waals surface area (Å²) in [4.78, 5) is 24.5. The van der Waals surface area contributed by atoms with Gasteiger partial charge in [-0.15, -0.1) is 0 Å². The van der Waals surface area contributed by atoms with Gasteiger partial charge in [0.15, 0.2) is 5.58 Å².